The van der Waals surface area contributed by atoms with E-state index < -0.39 is 6.10 Å². The highest BCUT2D eigenvalue weighted by Crippen LogP contribution is 2.25. The summed E-state index contributed by atoms with van der Waals surface area (Å²) in [6.07, 6.45) is -0.0715. The number of nitrogens with one attached hydrogen (secondary N) is 1. The smallest absolute Gasteiger partial charge is 0.261 e. The second-order valence-corrected chi connectivity index (χ2v) is 8.25. The van der Waals surface area contributed by atoms with Crippen LogP contribution in [0.15, 0.2) is 53.1 Å². The summed E-state index contributed by atoms with van der Waals surface area (Å²) in [7, 11) is 1.61. The molecule has 31 heavy (non-hydrogen) atoms. The Morgan fingerprint density at radius 1 is 1.06 bits per heavy atom. The molecule has 0 fully saturated rings. The van der Waals surface area contributed by atoms with Crippen LogP contribution in [0.1, 0.15) is 45.6 Å². The summed E-state index contributed by atoms with van der Waals surface area (Å²) in [5, 5.41) is 6.78. The Labute approximate surface area is 182 Å². The number of carbonyl (C=O) groups is 1. The molecule has 1 N–H and O–H groups in total. The lowest BCUT2D eigenvalue weighted by Crippen LogP contribution is -2.37. The molecule has 7 heteroatoms. The van der Waals surface area contributed by atoms with Crippen LogP contribution in [-0.4, -0.2) is 29.3 Å². The number of methoxy groups -OCH3 is 1. The summed E-state index contributed by atoms with van der Waals surface area (Å²) in [6.45, 7) is 8.50. The molecule has 0 saturated heterocycles. The number of nitrogens with zero attached hydrogens (tertiary/aromatic N) is 2. The van der Waals surface area contributed by atoms with Crippen LogP contribution in [0.4, 0.5) is 0 Å². The van der Waals surface area contributed by atoms with Crippen molar-refractivity contribution in [1.29, 1.82) is 0 Å². The summed E-state index contributed by atoms with van der Waals surface area (Å²) in [4.78, 5) is 16.9. The van der Waals surface area contributed by atoms with Gasteiger partial charge in [-0.2, -0.15) is 4.98 Å². The number of hydrogen-bond acceptors (Lipinski definition) is 6. The molecule has 2 aromatic carbocycles. The van der Waals surface area contributed by atoms with E-state index in [1.807, 2.05) is 55.5 Å². The van der Waals surface area contributed by atoms with E-state index in [0.717, 1.165) is 11.3 Å². The maximum atomic E-state index is 12.6. The summed E-state index contributed by atoms with van der Waals surface area (Å²) in [5.74, 6) is 1.96. The van der Waals surface area contributed by atoms with Gasteiger partial charge >= 0.3 is 0 Å². The Hall–Kier alpha value is -3.35. The molecule has 0 aliphatic heterocycles. The van der Waals surface area contributed by atoms with Gasteiger partial charge in [-0.3, -0.25) is 4.79 Å². The van der Waals surface area contributed by atoms with Gasteiger partial charge in [0.25, 0.3) is 5.91 Å². The van der Waals surface area contributed by atoms with Crippen LogP contribution in [0.3, 0.4) is 0 Å². The zero-order valence-corrected chi connectivity index (χ0v) is 18.6. The van der Waals surface area contributed by atoms with Crippen molar-refractivity contribution in [2.24, 2.45) is 0 Å². The normalized spacial score (nSPS) is 12.3. The number of carbonyl (C=O) groups excluding carboxylic acids is 1. The van der Waals surface area contributed by atoms with Crippen molar-refractivity contribution < 1.29 is 18.8 Å². The minimum Gasteiger partial charge on any atom is -0.497 e. The van der Waals surface area contributed by atoms with Crippen molar-refractivity contribution >= 4 is 5.91 Å². The Bertz CT molecular complexity index is 989. The van der Waals surface area contributed by atoms with Crippen LogP contribution in [0.5, 0.6) is 11.5 Å². The number of ether oxygens (including phenoxy) is 2. The molecule has 0 bridgehead atoms. The highest BCUT2D eigenvalue weighted by Gasteiger charge is 2.20. The number of rotatable bonds is 8. The first kappa shape index (κ1) is 22.3. The van der Waals surface area contributed by atoms with Gasteiger partial charge in [0, 0.05) is 5.56 Å². The van der Waals surface area contributed by atoms with Gasteiger partial charge in [-0.25, -0.2) is 0 Å². The monoisotopic (exact) mass is 423 g/mol. The second kappa shape index (κ2) is 9.64. The molecule has 0 spiro atoms. The zero-order valence-electron chi connectivity index (χ0n) is 18.6. The van der Waals surface area contributed by atoms with Crippen molar-refractivity contribution in [3.05, 3.63) is 60.0 Å². The number of amides is 1. The first-order chi connectivity index (χ1) is 14.8. The molecule has 1 amide bonds. The fraction of sp³-hybridized carbons (Fsp3) is 0.375. The highest BCUT2D eigenvalue weighted by molar-refractivity contribution is 5.81. The Balaban J connectivity index is 1.57. The molecule has 164 valence electrons. The van der Waals surface area contributed by atoms with Crippen LogP contribution in [0.25, 0.3) is 11.4 Å². The summed E-state index contributed by atoms with van der Waals surface area (Å²) >= 11 is 0. The lowest BCUT2D eigenvalue weighted by molar-refractivity contribution is -0.128. The molecule has 0 saturated carbocycles. The SMILES string of the molecule is CCC(Oc1ccc(C(C)(C)C)cc1)C(=O)NCc1nc(-c2ccc(OC)cc2)no1. The largest absolute Gasteiger partial charge is 0.497 e. The van der Waals surface area contributed by atoms with Crippen molar-refractivity contribution in [3.63, 3.8) is 0 Å². The molecule has 3 aromatic rings. The van der Waals surface area contributed by atoms with Gasteiger partial charge in [0.05, 0.1) is 13.7 Å². The van der Waals surface area contributed by atoms with E-state index in [0.29, 0.717) is 23.9 Å². The molecule has 3 rings (SSSR count). The van der Waals surface area contributed by atoms with Crippen molar-refractivity contribution in [1.82, 2.24) is 15.5 Å². The van der Waals surface area contributed by atoms with Gasteiger partial charge < -0.3 is 19.3 Å². The van der Waals surface area contributed by atoms with E-state index in [1.54, 1.807) is 7.11 Å². The van der Waals surface area contributed by atoms with E-state index >= 15 is 0 Å². The van der Waals surface area contributed by atoms with E-state index in [4.69, 9.17) is 14.0 Å². The summed E-state index contributed by atoms with van der Waals surface area (Å²) < 4.78 is 16.3. The van der Waals surface area contributed by atoms with Crippen molar-refractivity contribution in [3.8, 4) is 22.9 Å². The molecule has 0 radical (unpaired) electrons. The summed E-state index contributed by atoms with van der Waals surface area (Å²) in [5.41, 5.74) is 2.08. The van der Waals surface area contributed by atoms with Crippen LogP contribution in [0, 0.1) is 0 Å². The molecular weight excluding hydrogens is 394 g/mol. The third-order valence-corrected chi connectivity index (χ3v) is 4.89. The van der Waals surface area contributed by atoms with E-state index in [1.165, 1.54) is 5.56 Å². The van der Waals surface area contributed by atoms with Crippen LogP contribution >= 0.6 is 0 Å². The molecule has 1 atom stereocenters. The van der Waals surface area contributed by atoms with Gasteiger partial charge in [-0.15, -0.1) is 0 Å². The molecule has 1 aromatic heterocycles. The predicted octanol–water partition coefficient (Wildman–Crippen LogP) is 4.52. The van der Waals surface area contributed by atoms with E-state index in [-0.39, 0.29) is 17.9 Å². The van der Waals surface area contributed by atoms with Crippen molar-refractivity contribution in [2.75, 3.05) is 7.11 Å². The van der Waals surface area contributed by atoms with Crippen LogP contribution in [-0.2, 0) is 16.8 Å². The first-order valence-corrected chi connectivity index (χ1v) is 10.3. The molecule has 1 unspecified atom stereocenters. The lowest BCUT2D eigenvalue weighted by atomic mass is 9.87. The maximum absolute atomic E-state index is 12.6. The Kier molecular flexibility index (Phi) is 6.95. The highest BCUT2D eigenvalue weighted by atomic mass is 16.5. The van der Waals surface area contributed by atoms with Gasteiger partial charge in [0.15, 0.2) is 6.10 Å². The number of benzene rings is 2. The maximum Gasteiger partial charge on any atom is 0.261 e. The van der Waals surface area contributed by atoms with Gasteiger partial charge in [0.2, 0.25) is 11.7 Å². The summed E-state index contributed by atoms with van der Waals surface area (Å²) in [6, 6.07) is 15.2. The van der Waals surface area contributed by atoms with Gasteiger partial charge in [0.1, 0.15) is 11.5 Å². The fourth-order valence-electron chi connectivity index (χ4n) is 2.98. The number of aromatic nitrogens is 2. The van der Waals surface area contributed by atoms with Gasteiger partial charge in [-0.1, -0.05) is 45.0 Å². The minimum absolute atomic E-state index is 0.0643. The molecule has 0 aliphatic carbocycles. The average molecular weight is 424 g/mol. The lowest BCUT2D eigenvalue weighted by Gasteiger charge is -2.20. The molecule has 1 heterocycles. The van der Waals surface area contributed by atoms with Gasteiger partial charge in [-0.05, 0) is 53.8 Å². The average Bonchev–Trinajstić information content (AvgIpc) is 3.24. The standard InChI is InChI=1S/C24H29N3O4/c1-6-20(30-19-13-9-17(10-14-19)24(2,3)4)23(28)25-15-21-26-22(27-31-21)16-7-11-18(29-5)12-8-16/h7-14,20H,6,15H2,1-5H3,(H,25,28). The van der Waals surface area contributed by atoms with Crippen molar-refractivity contribution in [2.45, 2.75) is 52.2 Å². The first-order valence-electron chi connectivity index (χ1n) is 10.3. The molecule has 0 aliphatic rings. The third-order valence-electron chi connectivity index (χ3n) is 4.89. The van der Waals surface area contributed by atoms with Crippen LogP contribution < -0.4 is 14.8 Å². The molecular formula is C24H29N3O4. The quantitative estimate of drug-likeness (QED) is 0.573. The third kappa shape index (κ3) is 5.84. The number of hydrogen-bond donors (Lipinski definition) is 1. The zero-order chi connectivity index (χ0) is 22.4. The minimum atomic E-state index is -0.607. The van der Waals surface area contributed by atoms with E-state index in [2.05, 4.69) is 36.2 Å². The Morgan fingerprint density at radius 2 is 1.71 bits per heavy atom. The fourth-order valence-corrected chi connectivity index (χ4v) is 2.98. The van der Waals surface area contributed by atoms with Crippen LogP contribution in [0.2, 0.25) is 0 Å². The topological polar surface area (TPSA) is 86.5 Å². The second-order valence-electron chi connectivity index (χ2n) is 8.25. The Morgan fingerprint density at radius 3 is 2.29 bits per heavy atom. The van der Waals surface area contributed by atoms with E-state index in [9.17, 15) is 4.79 Å². The predicted molar refractivity (Wildman–Crippen MR) is 118 cm³/mol. The molecule has 7 nitrogen and oxygen atoms in total.